The zero-order valence-electron chi connectivity index (χ0n) is 11.9. The summed E-state index contributed by atoms with van der Waals surface area (Å²) in [7, 11) is 13.0. The first-order valence-electron chi connectivity index (χ1n) is 6.02. The summed E-state index contributed by atoms with van der Waals surface area (Å²) in [5.41, 5.74) is 0. The molecule has 0 amide bonds. The van der Waals surface area contributed by atoms with Crippen LogP contribution >= 0.6 is 0 Å². The van der Waals surface area contributed by atoms with E-state index in [1.54, 1.807) is 0 Å². The van der Waals surface area contributed by atoms with Gasteiger partial charge in [-0.05, 0) is 0 Å². The van der Waals surface area contributed by atoms with Crippen molar-refractivity contribution in [1.82, 2.24) is 14.7 Å². The van der Waals surface area contributed by atoms with E-state index in [1.807, 2.05) is 0 Å². The Kier molecular flexibility index (Phi) is 5.61. The predicted octanol–water partition coefficient (Wildman–Crippen LogP) is 1.74. The molecule has 3 nitrogen and oxygen atoms in total. The predicted molar refractivity (Wildman–Crippen MR) is 70.6 cm³/mol. The van der Waals surface area contributed by atoms with Gasteiger partial charge in [-0.1, -0.05) is 0 Å². The molecular formula is C13H25N3Ti. The molecule has 1 rings (SSSR count). The molecule has 0 saturated carbocycles. The van der Waals surface area contributed by atoms with E-state index in [4.69, 9.17) is 0 Å². The van der Waals surface area contributed by atoms with E-state index in [1.165, 1.54) is 4.73 Å². The van der Waals surface area contributed by atoms with Crippen LogP contribution < -0.4 is 0 Å². The fourth-order valence-corrected chi connectivity index (χ4v) is 5.55. The molecule has 0 saturated heterocycles. The van der Waals surface area contributed by atoms with Gasteiger partial charge in [0.1, 0.15) is 0 Å². The maximum absolute atomic E-state index is 2.34. The third-order valence-electron chi connectivity index (χ3n) is 3.47. The monoisotopic (exact) mass is 271 g/mol. The van der Waals surface area contributed by atoms with Gasteiger partial charge in [-0.15, -0.1) is 0 Å². The van der Waals surface area contributed by atoms with Crippen LogP contribution in [0.4, 0.5) is 0 Å². The first-order chi connectivity index (χ1) is 7.91. The van der Waals surface area contributed by atoms with Crippen molar-refractivity contribution in [1.29, 1.82) is 0 Å². The Morgan fingerprint density at radius 1 is 0.882 bits per heavy atom. The van der Waals surface area contributed by atoms with E-state index in [0.717, 1.165) is 4.22 Å². The second-order valence-electron chi connectivity index (χ2n) is 5.13. The second-order valence-corrected chi connectivity index (χ2v) is 7.36. The zero-order valence-corrected chi connectivity index (χ0v) is 13.5. The van der Waals surface area contributed by atoms with Crippen LogP contribution in [0.2, 0.25) is 8.95 Å². The third kappa shape index (κ3) is 3.30. The normalized spacial score (nSPS) is 16.8. The van der Waals surface area contributed by atoms with Gasteiger partial charge in [0.25, 0.3) is 0 Å². The SMILES string of the molecule is CN(C)C([CH2][Ti][CH]1C=CC=C1)(N(C)C)N(C)C. The van der Waals surface area contributed by atoms with Gasteiger partial charge in [0, 0.05) is 0 Å². The molecule has 0 bridgehead atoms. The molecule has 0 N–H and O–H groups in total. The standard InChI is InChI=1S/C8H20N3.C5H5.Ti/c1-8(9(2)3,10(4)5)11(6)7;1-2-4-5-3-1;/h1H2,2-7H3;1-5H;. The van der Waals surface area contributed by atoms with Crippen molar-refractivity contribution in [3.63, 3.8) is 0 Å². The molecule has 0 aromatic heterocycles. The van der Waals surface area contributed by atoms with Gasteiger partial charge in [0.05, 0.1) is 0 Å². The molecule has 0 atom stereocenters. The van der Waals surface area contributed by atoms with Gasteiger partial charge < -0.3 is 0 Å². The minimum absolute atomic E-state index is 0.0108. The molecule has 4 heteroatoms. The molecule has 96 valence electrons. The maximum atomic E-state index is 2.34. The van der Waals surface area contributed by atoms with E-state index in [0.29, 0.717) is 0 Å². The number of rotatable bonds is 6. The van der Waals surface area contributed by atoms with Crippen LogP contribution in [0.5, 0.6) is 0 Å². The average Bonchev–Trinajstić information content (AvgIpc) is 2.69. The third-order valence-corrected chi connectivity index (χ3v) is 5.87. The van der Waals surface area contributed by atoms with E-state index < -0.39 is 0 Å². The van der Waals surface area contributed by atoms with E-state index in [-0.39, 0.29) is 24.9 Å². The summed E-state index contributed by atoms with van der Waals surface area (Å²) in [5.74, 6) is 0.0459. The molecule has 17 heavy (non-hydrogen) atoms. The number of hydrogen-bond acceptors (Lipinski definition) is 3. The van der Waals surface area contributed by atoms with Crippen molar-refractivity contribution in [2.24, 2.45) is 0 Å². The summed E-state index contributed by atoms with van der Waals surface area (Å²) in [4.78, 5) is 7.00. The Labute approximate surface area is 115 Å². The number of hydrogen-bond donors (Lipinski definition) is 0. The number of allylic oxidation sites excluding steroid dienone is 4. The fourth-order valence-electron chi connectivity index (χ4n) is 2.50. The first kappa shape index (κ1) is 15.1. The van der Waals surface area contributed by atoms with E-state index in [9.17, 15) is 0 Å². The topological polar surface area (TPSA) is 9.72 Å². The Morgan fingerprint density at radius 2 is 1.29 bits per heavy atom. The fraction of sp³-hybridized carbons (Fsp3) is 0.692. The van der Waals surface area contributed by atoms with Crippen LogP contribution in [-0.2, 0) is 19.2 Å². The quantitative estimate of drug-likeness (QED) is 0.538. The van der Waals surface area contributed by atoms with Crippen LogP contribution in [0.25, 0.3) is 0 Å². The summed E-state index contributed by atoms with van der Waals surface area (Å²) in [6, 6.07) is 0. The Morgan fingerprint density at radius 3 is 1.65 bits per heavy atom. The van der Waals surface area contributed by atoms with Gasteiger partial charge >= 0.3 is 115 Å². The number of nitrogens with zero attached hydrogens (tertiary/aromatic N) is 3. The van der Waals surface area contributed by atoms with Crippen LogP contribution in [-0.4, -0.2) is 62.8 Å². The van der Waals surface area contributed by atoms with Crippen LogP contribution in [0.3, 0.4) is 0 Å². The van der Waals surface area contributed by atoms with E-state index >= 15 is 0 Å². The van der Waals surface area contributed by atoms with Crippen LogP contribution in [0.1, 0.15) is 0 Å². The van der Waals surface area contributed by atoms with Crippen molar-refractivity contribution in [2.45, 2.75) is 14.7 Å². The second kappa shape index (κ2) is 6.30. The molecule has 1 aliphatic rings. The minimum atomic E-state index is -0.0108. The molecule has 0 aromatic carbocycles. The van der Waals surface area contributed by atoms with Crippen molar-refractivity contribution >= 4 is 0 Å². The Balaban J connectivity index is 2.75. The summed E-state index contributed by atoms with van der Waals surface area (Å²) < 4.78 is 1.98. The van der Waals surface area contributed by atoms with Crippen molar-refractivity contribution in [2.75, 3.05) is 42.3 Å². The van der Waals surface area contributed by atoms with E-state index in [2.05, 4.69) is 81.3 Å². The van der Waals surface area contributed by atoms with Crippen molar-refractivity contribution < 1.29 is 19.2 Å². The summed E-state index contributed by atoms with van der Waals surface area (Å²) >= 11 is -0.0108. The van der Waals surface area contributed by atoms with Gasteiger partial charge in [-0.2, -0.15) is 0 Å². The molecular weight excluding hydrogens is 246 g/mol. The first-order valence-corrected chi connectivity index (χ1v) is 8.02. The summed E-state index contributed by atoms with van der Waals surface area (Å²) in [5, 5.41) is 0. The van der Waals surface area contributed by atoms with Gasteiger partial charge in [0.15, 0.2) is 0 Å². The Bertz CT molecular complexity index is 261. The summed E-state index contributed by atoms with van der Waals surface area (Å²) in [6.45, 7) is 0. The van der Waals surface area contributed by atoms with Crippen molar-refractivity contribution in [3.05, 3.63) is 24.3 Å². The van der Waals surface area contributed by atoms with Crippen molar-refractivity contribution in [3.8, 4) is 0 Å². The van der Waals surface area contributed by atoms with Gasteiger partial charge in [-0.3, -0.25) is 0 Å². The van der Waals surface area contributed by atoms with Crippen LogP contribution in [0.15, 0.2) is 24.3 Å². The average molecular weight is 271 g/mol. The molecule has 0 heterocycles. The van der Waals surface area contributed by atoms with Crippen LogP contribution in [0, 0.1) is 0 Å². The molecule has 1 aliphatic carbocycles. The molecule has 0 spiro atoms. The molecule has 0 unspecified atom stereocenters. The summed E-state index contributed by atoms with van der Waals surface area (Å²) in [6.07, 6.45) is 9.03. The zero-order chi connectivity index (χ0) is 13.1. The molecule has 0 aromatic rings. The molecule has 0 radical (unpaired) electrons. The molecule has 0 aliphatic heterocycles. The van der Waals surface area contributed by atoms with Gasteiger partial charge in [-0.25, -0.2) is 0 Å². The molecule has 0 fully saturated rings. The Hall–Kier alpha value is 0.0743. The van der Waals surface area contributed by atoms with Gasteiger partial charge in [0.2, 0.25) is 0 Å².